The second kappa shape index (κ2) is 18.8. The first-order valence-electron chi connectivity index (χ1n) is 15.1. The molecular weight excluding hydrogens is 470 g/mol. The van der Waals surface area contributed by atoms with Gasteiger partial charge in [-0.15, -0.1) is 0 Å². The van der Waals surface area contributed by atoms with E-state index in [1.807, 2.05) is 13.0 Å². The van der Waals surface area contributed by atoms with Crippen LogP contribution in [0.25, 0.3) is 0 Å². The lowest BCUT2D eigenvalue weighted by Gasteiger charge is -2.30. The van der Waals surface area contributed by atoms with E-state index in [1.165, 1.54) is 68.9 Å². The van der Waals surface area contributed by atoms with Gasteiger partial charge in [0.25, 0.3) is 0 Å². The molecule has 0 aliphatic rings. The van der Waals surface area contributed by atoms with Crippen LogP contribution in [-0.4, -0.2) is 44.3 Å². The van der Waals surface area contributed by atoms with E-state index >= 15 is 0 Å². The molecule has 1 atom stereocenters. The second-order valence-corrected chi connectivity index (χ2v) is 11.6. The molecule has 2 aromatic rings. The summed E-state index contributed by atoms with van der Waals surface area (Å²) in [6, 6.07) is 19.0. The van der Waals surface area contributed by atoms with E-state index in [4.69, 9.17) is 9.47 Å². The first-order valence-corrected chi connectivity index (χ1v) is 15.1. The van der Waals surface area contributed by atoms with Gasteiger partial charge in [0, 0.05) is 18.4 Å². The first kappa shape index (κ1) is 31.9. The summed E-state index contributed by atoms with van der Waals surface area (Å²) in [6.07, 6.45) is 14.9. The van der Waals surface area contributed by atoms with Crippen LogP contribution in [0.2, 0.25) is 0 Å². The highest BCUT2D eigenvalue weighted by Gasteiger charge is 2.21. The fraction of sp³-hybridized carbons (Fsp3) is 0.618. The van der Waals surface area contributed by atoms with Crippen LogP contribution in [0, 0.1) is 5.92 Å². The number of carbonyl (C=O) groups is 1. The van der Waals surface area contributed by atoms with E-state index in [9.17, 15) is 4.79 Å². The van der Waals surface area contributed by atoms with Gasteiger partial charge in [0.15, 0.2) is 0 Å². The number of esters is 1. The fourth-order valence-electron chi connectivity index (χ4n) is 4.77. The van der Waals surface area contributed by atoms with Crippen molar-refractivity contribution in [1.29, 1.82) is 0 Å². The summed E-state index contributed by atoms with van der Waals surface area (Å²) in [5.41, 5.74) is 2.70. The maximum atomic E-state index is 12.4. The number of nitrogens with zero attached hydrogens (tertiary/aromatic N) is 1. The SMILES string of the molecule is CCCCCCCCCCCc1ccc(OCCCOC(=O)C(C)CC[N+](C)(C)Cc2ccccc2)cc1. The third kappa shape index (κ3) is 14.6. The van der Waals surface area contributed by atoms with E-state index in [2.05, 4.69) is 69.6 Å². The van der Waals surface area contributed by atoms with Gasteiger partial charge in [-0.2, -0.15) is 0 Å². The predicted molar refractivity (Wildman–Crippen MR) is 159 cm³/mol. The summed E-state index contributed by atoms with van der Waals surface area (Å²) < 4.78 is 12.2. The molecule has 0 amide bonds. The summed E-state index contributed by atoms with van der Waals surface area (Å²) in [6.45, 7) is 7.10. The monoisotopic (exact) mass is 524 g/mol. The number of aryl methyl sites for hydroxylation is 1. The molecule has 0 radical (unpaired) electrons. The molecule has 38 heavy (non-hydrogen) atoms. The van der Waals surface area contributed by atoms with Crippen molar-refractivity contribution in [1.82, 2.24) is 0 Å². The number of hydrogen-bond acceptors (Lipinski definition) is 3. The van der Waals surface area contributed by atoms with Gasteiger partial charge in [0.1, 0.15) is 12.3 Å². The Morgan fingerprint density at radius 3 is 2.05 bits per heavy atom. The molecule has 0 N–H and O–H groups in total. The van der Waals surface area contributed by atoms with Crippen LogP contribution < -0.4 is 4.74 Å². The van der Waals surface area contributed by atoms with Gasteiger partial charge < -0.3 is 14.0 Å². The van der Waals surface area contributed by atoms with E-state index in [1.54, 1.807) is 0 Å². The number of ether oxygens (including phenoxy) is 2. The van der Waals surface area contributed by atoms with E-state index < -0.39 is 0 Å². The highest BCUT2D eigenvalue weighted by Crippen LogP contribution is 2.17. The predicted octanol–water partition coefficient (Wildman–Crippen LogP) is 8.37. The van der Waals surface area contributed by atoms with Crippen LogP contribution in [0.1, 0.15) is 95.6 Å². The van der Waals surface area contributed by atoms with E-state index in [0.717, 1.165) is 36.2 Å². The molecule has 0 aliphatic heterocycles. The number of unbranched alkanes of at least 4 members (excludes halogenated alkanes) is 8. The van der Waals surface area contributed by atoms with Gasteiger partial charge >= 0.3 is 5.97 Å². The number of quaternary nitrogens is 1. The second-order valence-electron chi connectivity index (χ2n) is 11.6. The minimum atomic E-state index is -0.106. The van der Waals surface area contributed by atoms with Gasteiger partial charge in [0.05, 0.1) is 39.8 Å². The number of rotatable bonds is 21. The molecule has 2 aromatic carbocycles. The van der Waals surface area contributed by atoms with Gasteiger partial charge in [-0.05, 0) is 30.5 Å². The Balaban J connectivity index is 1.51. The quantitative estimate of drug-likeness (QED) is 0.0934. The molecule has 1 unspecified atom stereocenters. The Hall–Kier alpha value is -2.33. The maximum Gasteiger partial charge on any atom is 0.308 e. The van der Waals surface area contributed by atoms with Crippen molar-refractivity contribution >= 4 is 5.97 Å². The highest BCUT2D eigenvalue weighted by atomic mass is 16.5. The van der Waals surface area contributed by atoms with Crippen molar-refractivity contribution in [3.05, 3.63) is 65.7 Å². The largest absolute Gasteiger partial charge is 0.493 e. The van der Waals surface area contributed by atoms with Crippen LogP contribution in [-0.2, 0) is 22.5 Å². The minimum absolute atomic E-state index is 0.0950. The van der Waals surface area contributed by atoms with Crippen molar-refractivity contribution in [3.8, 4) is 5.75 Å². The van der Waals surface area contributed by atoms with Gasteiger partial charge in [-0.25, -0.2) is 0 Å². The lowest BCUT2D eigenvalue weighted by atomic mass is 10.0. The summed E-state index contributed by atoms with van der Waals surface area (Å²) in [5.74, 6) is 0.687. The van der Waals surface area contributed by atoms with Crippen molar-refractivity contribution in [2.75, 3.05) is 33.9 Å². The zero-order valence-corrected chi connectivity index (χ0v) is 24.8. The minimum Gasteiger partial charge on any atom is -0.493 e. The average molecular weight is 525 g/mol. The number of benzene rings is 2. The summed E-state index contributed by atoms with van der Waals surface area (Å²) in [5, 5.41) is 0. The first-order chi connectivity index (χ1) is 18.4. The van der Waals surface area contributed by atoms with Gasteiger partial charge in [0.2, 0.25) is 0 Å². The molecule has 0 heterocycles. The molecule has 212 valence electrons. The molecule has 2 rings (SSSR count). The normalized spacial score (nSPS) is 12.3. The van der Waals surface area contributed by atoms with Crippen LogP contribution in [0.5, 0.6) is 5.75 Å². The van der Waals surface area contributed by atoms with Crippen molar-refractivity contribution < 1.29 is 18.8 Å². The molecular formula is C34H54NO3+. The number of hydrogen-bond donors (Lipinski definition) is 0. The van der Waals surface area contributed by atoms with Crippen molar-refractivity contribution in [2.24, 2.45) is 5.92 Å². The molecule has 0 bridgehead atoms. The van der Waals surface area contributed by atoms with Crippen LogP contribution in [0.4, 0.5) is 0 Å². The van der Waals surface area contributed by atoms with Crippen LogP contribution in [0.3, 0.4) is 0 Å². The Kier molecular flexibility index (Phi) is 15.8. The summed E-state index contributed by atoms with van der Waals surface area (Å²) in [4.78, 5) is 12.4. The zero-order valence-electron chi connectivity index (χ0n) is 24.8. The fourth-order valence-corrected chi connectivity index (χ4v) is 4.77. The van der Waals surface area contributed by atoms with Gasteiger partial charge in [-0.1, -0.05) is 108 Å². The molecule has 0 saturated heterocycles. The highest BCUT2D eigenvalue weighted by molar-refractivity contribution is 5.71. The Bertz CT molecular complexity index is 863. The molecule has 0 saturated carbocycles. The third-order valence-corrected chi connectivity index (χ3v) is 7.32. The van der Waals surface area contributed by atoms with E-state index in [0.29, 0.717) is 19.6 Å². The molecule has 4 nitrogen and oxygen atoms in total. The molecule has 0 aliphatic carbocycles. The lowest BCUT2D eigenvalue weighted by molar-refractivity contribution is -0.904. The maximum absolute atomic E-state index is 12.4. The Morgan fingerprint density at radius 1 is 0.763 bits per heavy atom. The van der Waals surface area contributed by atoms with E-state index in [-0.39, 0.29) is 11.9 Å². The average Bonchev–Trinajstić information content (AvgIpc) is 2.91. The standard InChI is InChI=1S/C34H54NO3/c1-5-6-7-8-9-10-11-12-14-18-31-21-23-33(24-22-31)37-27-17-28-38-34(36)30(2)25-26-35(3,4)29-32-19-15-13-16-20-32/h13,15-16,19-24,30H,5-12,14,17-18,25-29H2,1-4H3/q+1. The van der Waals surface area contributed by atoms with Crippen molar-refractivity contribution in [2.45, 2.75) is 97.4 Å². The van der Waals surface area contributed by atoms with Crippen LogP contribution >= 0.6 is 0 Å². The molecule has 4 heteroatoms. The Labute approximate surface area is 233 Å². The Morgan fingerprint density at radius 2 is 1.39 bits per heavy atom. The smallest absolute Gasteiger partial charge is 0.308 e. The van der Waals surface area contributed by atoms with Crippen molar-refractivity contribution in [3.63, 3.8) is 0 Å². The summed E-state index contributed by atoms with van der Waals surface area (Å²) >= 11 is 0. The third-order valence-electron chi connectivity index (χ3n) is 7.32. The number of carbonyl (C=O) groups excluding carboxylic acids is 1. The molecule has 0 spiro atoms. The van der Waals surface area contributed by atoms with Gasteiger partial charge in [-0.3, -0.25) is 4.79 Å². The summed E-state index contributed by atoms with van der Waals surface area (Å²) in [7, 11) is 4.43. The molecule has 0 fully saturated rings. The van der Waals surface area contributed by atoms with Crippen LogP contribution in [0.15, 0.2) is 54.6 Å². The molecule has 0 aromatic heterocycles. The zero-order chi connectivity index (χ0) is 27.5. The topological polar surface area (TPSA) is 35.5 Å². The lowest BCUT2D eigenvalue weighted by Crippen LogP contribution is -2.40.